The lowest BCUT2D eigenvalue weighted by atomic mass is 9.83. The van der Waals surface area contributed by atoms with Crippen molar-refractivity contribution in [2.45, 2.75) is 50.6 Å². The highest BCUT2D eigenvalue weighted by Crippen LogP contribution is 2.38. The summed E-state index contributed by atoms with van der Waals surface area (Å²) in [4.78, 5) is 44.7. The van der Waals surface area contributed by atoms with Gasteiger partial charge in [-0.1, -0.05) is 85.6 Å². The molecule has 1 saturated carbocycles. The Kier molecular flexibility index (Phi) is 8.90. The number of benzene rings is 3. The highest BCUT2D eigenvalue weighted by Gasteiger charge is 2.33. The van der Waals surface area contributed by atoms with Crippen molar-refractivity contribution >= 4 is 17.1 Å². The monoisotopic (exact) mass is 621 g/mol. The number of nitrogens with zero attached hydrogens (tertiary/aromatic N) is 4. The molecule has 3 aromatic carbocycles. The summed E-state index contributed by atoms with van der Waals surface area (Å²) in [5, 5.41) is 23.7. The van der Waals surface area contributed by atoms with E-state index in [1.54, 1.807) is 25.2 Å². The normalized spacial score (nSPS) is 14.8. The largest absolute Gasteiger partial charge is 0.508 e. The van der Waals surface area contributed by atoms with Gasteiger partial charge in [0, 0.05) is 32.6 Å². The van der Waals surface area contributed by atoms with Crippen LogP contribution in [0.3, 0.4) is 0 Å². The number of fused-ring (bicyclic) bond motifs is 1. The lowest BCUT2D eigenvalue weighted by Crippen LogP contribution is -2.37. The molecule has 2 aromatic heterocycles. The lowest BCUT2D eigenvalue weighted by molar-refractivity contribution is -0.124. The lowest BCUT2D eigenvalue weighted by Gasteiger charge is -2.26. The minimum absolute atomic E-state index is 0.0995. The molecule has 2 heterocycles. The third-order valence-electron chi connectivity index (χ3n) is 9.30. The molecule has 1 unspecified atom stereocenters. The maximum Gasteiger partial charge on any atom is 0.332 e. The Morgan fingerprint density at radius 1 is 0.913 bits per heavy atom. The standard InChI is InChI=1S/C36H39N5O5/c1-39-33-32(35(45)40(2)36(39)46)41(30(38-33)20-27-14-8-9-15-29(27)43)21-23-16-18-26(19-17-23)31(25-12-6-7-13-25)34(44)37-28(22-42)24-10-4-3-5-11-24/h3-5,8-11,14-19,25,28,31,42-43H,6-7,12-13,20-22H2,1-2H3,(H,37,44)/t28-,31?/m0/s1. The molecule has 0 spiro atoms. The Hall–Kier alpha value is -4.96. The summed E-state index contributed by atoms with van der Waals surface area (Å²) in [6.45, 7) is 0.104. The van der Waals surface area contributed by atoms with Crippen LogP contribution in [0.5, 0.6) is 5.75 Å². The van der Waals surface area contributed by atoms with Crippen LogP contribution >= 0.6 is 0 Å². The summed E-state index contributed by atoms with van der Waals surface area (Å²) < 4.78 is 4.25. The van der Waals surface area contributed by atoms with E-state index in [-0.39, 0.29) is 42.2 Å². The molecule has 5 aromatic rings. The van der Waals surface area contributed by atoms with E-state index in [0.29, 0.717) is 23.4 Å². The SMILES string of the molecule is Cn1c(=O)c2c(nc(Cc3ccccc3O)n2Cc2ccc(C(C(=O)N[C@@H](CO)c3ccccc3)C3CCCC3)cc2)n(C)c1=O. The Morgan fingerprint density at radius 3 is 2.26 bits per heavy atom. The summed E-state index contributed by atoms with van der Waals surface area (Å²) in [6.07, 6.45) is 4.36. The second-order valence-electron chi connectivity index (χ2n) is 12.2. The number of nitrogens with one attached hydrogen (secondary N) is 1. The van der Waals surface area contributed by atoms with Gasteiger partial charge in [0.25, 0.3) is 5.56 Å². The van der Waals surface area contributed by atoms with Crippen LogP contribution in [0.15, 0.2) is 88.5 Å². The predicted octanol–water partition coefficient (Wildman–Crippen LogP) is 3.90. The number of aromatic hydroxyl groups is 1. The summed E-state index contributed by atoms with van der Waals surface area (Å²) >= 11 is 0. The number of phenolic OH excluding ortho intramolecular Hbond substituents is 1. The number of carbonyl (C=O) groups is 1. The van der Waals surface area contributed by atoms with Crippen LogP contribution in [-0.2, 0) is 31.9 Å². The highest BCUT2D eigenvalue weighted by atomic mass is 16.3. The van der Waals surface area contributed by atoms with Crippen LogP contribution in [-0.4, -0.2) is 41.4 Å². The number of phenols is 1. The fraction of sp³-hybridized carbons (Fsp3) is 0.333. The predicted molar refractivity (Wildman–Crippen MR) is 176 cm³/mol. The van der Waals surface area contributed by atoms with Crippen molar-refractivity contribution in [2.24, 2.45) is 20.0 Å². The van der Waals surface area contributed by atoms with Gasteiger partial charge in [-0.15, -0.1) is 0 Å². The molecule has 238 valence electrons. The van der Waals surface area contributed by atoms with Crippen molar-refractivity contribution in [3.05, 3.63) is 128 Å². The van der Waals surface area contributed by atoms with Gasteiger partial charge in [-0.2, -0.15) is 0 Å². The number of aliphatic hydroxyl groups is 1. The first-order valence-electron chi connectivity index (χ1n) is 15.7. The van der Waals surface area contributed by atoms with E-state index in [1.807, 2.05) is 65.2 Å². The molecule has 1 amide bonds. The van der Waals surface area contributed by atoms with E-state index >= 15 is 0 Å². The Bertz CT molecular complexity index is 1970. The smallest absolute Gasteiger partial charge is 0.332 e. The molecular formula is C36H39N5O5. The number of aromatic nitrogens is 4. The third-order valence-corrected chi connectivity index (χ3v) is 9.30. The Labute approximate surface area is 266 Å². The van der Waals surface area contributed by atoms with Crippen molar-refractivity contribution < 1.29 is 15.0 Å². The number of hydrogen-bond acceptors (Lipinski definition) is 6. The van der Waals surface area contributed by atoms with E-state index in [0.717, 1.165) is 46.9 Å². The topological polar surface area (TPSA) is 131 Å². The first kappa shape index (κ1) is 31.0. The molecule has 10 nitrogen and oxygen atoms in total. The quantitative estimate of drug-likeness (QED) is 0.217. The zero-order chi connectivity index (χ0) is 32.4. The van der Waals surface area contributed by atoms with Gasteiger partial charge in [-0.3, -0.25) is 18.7 Å². The van der Waals surface area contributed by atoms with E-state index in [1.165, 1.54) is 11.6 Å². The van der Waals surface area contributed by atoms with Gasteiger partial charge in [-0.25, -0.2) is 9.78 Å². The average Bonchev–Trinajstić information content (AvgIpc) is 3.73. The maximum atomic E-state index is 13.8. The molecule has 3 N–H and O–H groups in total. The molecule has 2 atom stereocenters. The molecular weight excluding hydrogens is 582 g/mol. The zero-order valence-electron chi connectivity index (χ0n) is 26.1. The molecule has 46 heavy (non-hydrogen) atoms. The van der Waals surface area contributed by atoms with Crippen LogP contribution in [0.2, 0.25) is 0 Å². The zero-order valence-corrected chi connectivity index (χ0v) is 26.1. The second kappa shape index (κ2) is 13.2. The molecule has 1 fully saturated rings. The number of rotatable bonds is 10. The molecule has 10 heteroatoms. The van der Waals surface area contributed by atoms with Crippen LogP contribution < -0.4 is 16.6 Å². The van der Waals surface area contributed by atoms with Crippen molar-refractivity contribution in [1.82, 2.24) is 24.0 Å². The van der Waals surface area contributed by atoms with E-state index in [9.17, 15) is 24.6 Å². The number of para-hydroxylation sites is 1. The Balaban J connectivity index is 1.34. The summed E-state index contributed by atoms with van der Waals surface area (Å²) in [6, 6.07) is 23.9. The van der Waals surface area contributed by atoms with Gasteiger partial charge in [0.1, 0.15) is 11.6 Å². The fourth-order valence-electron chi connectivity index (χ4n) is 6.75. The van der Waals surface area contributed by atoms with Gasteiger partial charge in [0.15, 0.2) is 11.2 Å². The van der Waals surface area contributed by atoms with Gasteiger partial charge in [0.2, 0.25) is 5.91 Å². The highest BCUT2D eigenvalue weighted by molar-refractivity contribution is 5.84. The van der Waals surface area contributed by atoms with Crippen molar-refractivity contribution in [1.29, 1.82) is 0 Å². The number of aryl methyl sites for hydroxylation is 1. The van der Waals surface area contributed by atoms with E-state index in [4.69, 9.17) is 4.98 Å². The van der Waals surface area contributed by atoms with Crippen molar-refractivity contribution in [3.63, 3.8) is 0 Å². The van der Waals surface area contributed by atoms with Crippen LogP contribution in [0.1, 0.15) is 65.7 Å². The third kappa shape index (κ3) is 6.00. The minimum atomic E-state index is -0.493. The van der Waals surface area contributed by atoms with Gasteiger partial charge >= 0.3 is 5.69 Å². The summed E-state index contributed by atoms with van der Waals surface area (Å²) in [7, 11) is 3.04. The number of amides is 1. The number of imidazole rings is 1. The first-order chi connectivity index (χ1) is 22.3. The molecule has 0 bridgehead atoms. The molecule has 0 aliphatic heterocycles. The van der Waals surface area contributed by atoms with Crippen molar-refractivity contribution in [3.8, 4) is 5.75 Å². The number of hydrogen-bond donors (Lipinski definition) is 3. The van der Waals surface area contributed by atoms with Crippen molar-refractivity contribution in [2.75, 3.05) is 6.61 Å². The fourth-order valence-corrected chi connectivity index (χ4v) is 6.75. The van der Waals surface area contributed by atoms with E-state index in [2.05, 4.69) is 5.32 Å². The van der Waals surface area contributed by atoms with Gasteiger partial charge in [-0.05, 0) is 41.5 Å². The molecule has 1 aliphatic rings. The molecule has 1 aliphatic carbocycles. The molecule has 6 rings (SSSR count). The van der Waals surface area contributed by atoms with Gasteiger partial charge < -0.3 is 20.1 Å². The van der Waals surface area contributed by atoms with Crippen LogP contribution in [0, 0.1) is 5.92 Å². The number of aliphatic hydroxyl groups excluding tert-OH is 1. The maximum absolute atomic E-state index is 13.8. The summed E-state index contributed by atoms with van der Waals surface area (Å²) in [5.74, 6) is 0.407. The van der Waals surface area contributed by atoms with Gasteiger partial charge in [0.05, 0.1) is 18.6 Å². The van der Waals surface area contributed by atoms with Crippen LogP contribution in [0.4, 0.5) is 0 Å². The Morgan fingerprint density at radius 2 is 1.59 bits per heavy atom. The first-order valence-corrected chi connectivity index (χ1v) is 15.7. The van der Waals surface area contributed by atoms with Crippen LogP contribution in [0.25, 0.3) is 11.2 Å². The summed E-state index contributed by atoms with van der Waals surface area (Å²) in [5.41, 5.74) is 2.98. The average molecular weight is 622 g/mol. The van der Waals surface area contributed by atoms with E-state index < -0.39 is 17.3 Å². The molecule has 0 saturated heterocycles. The molecule has 0 radical (unpaired) electrons. The number of carbonyl (C=O) groups excluding carboxylic acids is 1. The second-order valence-corrected chi connectivity index (χ2v) is 12.2. The minimum Gasteiger partial charge on any atom is -0.508 e.